The number of likely N-dealkylation sites (N-methyl/N-ethyl adjacent to an activating group) is 1. The third-order valence-corrected chi connectivity index (χ3v) is 11.1. The molecule has 0 aliphatic rings. The van der Waals surface area contributed by atoms with Gasteiger partial charge >= 0.3 is 0 Å². The first-order valence-electron chi connectivity index (χ1n) is 21.9. The molecule has 0 heterocycles. The predicted molar refractivity (Wildman–Crippen MR) is 217 cm³/mol. The molecule has 0 bridgehead atoms. The molecule has 0 rings (SSSR count). The van der Waals surface area contributed by atoms with Crippen molar-refractivity contribution in [3.05, 3.63) is 0 Å². The molecular weight excluding hydrogens is 673 g/mol. The zero-order valence-corrected chi connectivity index (χ0v) is 35.8. The van der Waals surface area contributed by atoms with E-state index in [0.717, 1.165) is 38.5 Å². The van der Waals surface area contributed by atoms with Crippen LogP contribution in [-0.2, 0) is 18.7 Å². The average molecular weight is 760 g/mol. The summed E-state index contributed by atoms with van der Waals surface area (Å²) in [5.41, 5.74) is 0. The van der Waals surface area contributed by atoms with Gasteiger partial charge in [-0.05, 0) is 12.8 Å². The molecule has 3 N–H and O–H groups in total. The quantitative estimate of drug-likeness (QED) is 0.0325. The van der Waals surface area contributed by atoms with Gasteiger partial charge in [-0.2, -0.15) is 0 Å². The number of nitrogens with one attached hydrogen (secondary N) is 2. The number of carbonyl (C=O) groups is 2. The molecule has 0 fully saturated rings. The van der Waals surface area contributed by atoms with Crippen LogP contribution >= 0.6 is 7.82 Å². The lowest BCUT2D eigenvalue weighted by Crippen LogP contribution is -2.56. The largest absolute Gasteiger partial charge is 0.756 e. The van der Waals surface area contributed by atoms with E-state index in [0.29, 0.717) is 17.3 Å². The minimum absolute atomic E-state index is 0.0320. The van der Waals surface area contributed by atoms with Crippen molar-refractivity contribution in [1.29, 1.82) is 0 Å². The molecule has 0 aromatic heterocycles. The van der Waals surface area contributed by atoms with Gasteiger partial charge in [0, 0.05) is 31.8 Å². The number of carbonyl (C=O) groups excluding carboxylic acids is 2. The van der Waals surface area contributed by atoms with E-state index in [4.69, 9.17) is 4.52 Å². The van der Waals surface area contributed by atoms with Gasteiger partial charge in [-0.15, -0.1) is 0 Å². The summed E-state index contributed by atoms with van der Waals surface area (Å²) in [4.78, 5) is 46.3. The van der Waals surface area contributed by atoms with Crippen LogP contribution in [0.3, 0.4) is 0 Å². The summed E-state index contributed by atoms with van der Waals surface area (Å²) >= 11 is 0. The molecule has 0 aliphatic carbocycles. The number of phosphoric ester groups is 1. The molecule has 9 nitrogen and oxygen atoms in total. The van der Waals surface area contributed by atoms with E-state index in [1.54, 1.807) is 0 Å². The molecule has 0 aromatic rings. The second kappa shape index (κ2) is 34.5. The van der Waals surface area contributed by atoms with Gasteiger partial charge in [0.15, 0.2) is 0 Å². The molecule has 10 heteroatoms. The summed E-state index contributed by atoms with van der Waals surface area (Å²) in [6.45, 7) is 4.85. The van der Waals surface area contributed by atoms with Crippen LogP contribution in [0.1, 0.15) is 206 Å². The first-order valence-corrected chi connectivity index (χ1v) is 23.4. The first-order chi connectivity index (χ1) is 24.9. The highest BCUT2D eigenvalue weighted by atomic mass is 31.2. The van der Waals surface area contributed by atoms with Gasteiger partial charge in [0.2, 0.25) is 11.8 Å². The van der Waals surface area contributed by atoms with Crippen LogP contribution in [0.25, 0.3) is 0 Å². The summed E-state index contributed by atoms with van der Waals surface area (Å²) in [7, 11) is 0.835. The highest BCUT2D eigenvalue weighted by Gasteiger charge is 2.34. The number of rotatable bonds is 39. The lowest BCUT2D eigenvalue weighted by atomic mass is 9.97. The second-order valence-corrected chi connectivity index (χ2v) is 17.7. The lowest BCUT2D eigenvalue weighted by molar-refractivity contribution is -0.900. The Morgan fingerprint density at radius 3 is 1.08 bits per heavy atom. The maximum absolute atomic E-state index is 12.8. The Balaban J connectivity index is 4.43. The van der Waals surface area contributed by atoms with Crippen molar-refractivity contribution in [1.82, 2.24) is 10.6 Å². The molecule has 310 valence electrons. The monoisotopic (exact) mass is 760 g/mol. The van der Waals surface area contributed by atoms with Gasteiger partial charge in [0.05, 0.1) is 21.1 Å². The van der Waals surface area contributed by atoms with Gasteiger partial charge in [-0.25, -0.2) is 0 Å². The summed E-state index contributed by atoms with van der Waals surface area (Å²) in [6.07, 6.45) is 36.3. The van der Waals surface area contributed by atoms with E-state index in [2.05, 4.69) is 24.5 Å². The van der Waals surface area contributed by atoms with Crippen molar-refractivity contribution in [3.8, 4) is 0 Å². The van der Waals surface area contributed by atoms with E-state index >= 15 is 0 Å². The van der Waals surface area contributed by atoms with Crippen LogP contribution in [-0.4, -0.2) is 68.1 Å². The van der Waals surface area contributed by atoms with Crippen LogP contribution < -0.4 is 15.5 Å². The van der Waals surface area contributed by atoms with E-state index < -0.39 is 13.9 Å². The van der Waals surface area contributed by atoms with E-state index in [1.165, 1.54) is 141 Å². The fourth-order valence-electron chi connectivity index (χ4n) is 7.13. The Hall–Kier alpha value is -0.990. The Morgan fingerprint density at radius 1 is 0.558 bits per heavy atom. The highest BCUT2D eigenvalue weighted by Crippen LogP contribution is 2.32. The highest BCUT2D eigenvalue weighted by molar-refractivity contribution is 7.44. The Morgan fingerprint density at radius 2 is 0.827 bits per heavy atom. The van der Waals surface area contributed by atoms with Gasteiger partial charge in [0.1, 0.15) is 12.6 Å². The summed E-state index contributed by atoms with van der Waals surface area (Å²) < 4.78 is 16.6. The standard InChI is InChI=1S/C42H86N3O6P/c1-6-8-10-12-14-16-18-20-22-24-26-28-30-32-34-41(46)43-36-39(40(45(3,4)5)38-51-52(48,49)50)37-44-42(47)35-33-31-29-27-25-23-21-19-17-15-13-11-9-7-2/h39-40H,6-38H2,1-5H3,(H3-,43,44,46,47,48,49,50). The molecule has 0 radical (unpaired) electrons. The minimum Gasteiger partial charge on any atom is -0.756 e. The second-order valence-electron chi connectivity index (χ2n) is 16.5. The molecule has 52 heavy (non-hydrogen) atoms. The van der Waals surface area contributed by atoms with Crippen molar-refractivity contribution in [2.24, 2.45) is 5.92 Å². The van der Waals surface area contributed by atoms with Crippen LogP contribution in [0.15, 0.2) is 0 Å². The van der Waals surface area contributed by atoms with Gasteiger partial charge in [0.25, 0.3) is 7.82 Å². The number of nitrogens with zero attached hydrogens (tertiary/aromatic N) is 1. The summed E-state index contributed by atoms with van der Waals surface area (Å²) in [5.74, 6) is -0.349. The van der Waals surface area contributed by atoms with Crippen LogP contribution in [0, 0.1) is 5.92 Å². The van der Waals surface area contributed by atoms with E-state index in [-0.39, 0.29) is 37.4 Å². The Labute approximate surface area is 321 Å². The molecular formula is C42H86N3O6P. The summed E-state index contributed by atoms with van der Waals surface area (Å²) in [5, 5.41) is 6.07. The van der Waals surface area contributed by atoms with Gasteiger partial charge < -0.3 is 29.4 Å². The molecule has 0 aromatic carbocycles. The zero-order valence-electron chi connectivity index (χ0n) is 34.9. The van der Waals surface area contributed by atoms with Gasteiger partial charge in [-0.1, -0.05) is 181 Å². The van der Waals surface area contributed by atoms with Crippen LogP contribution in [0.5, 0.6) is 0 Å². The number of phosphoric acid groups is 1. The number of quaternary nitrogens is 1. The van der Waals surface area contributed by atoms with E-state index in [1.807, 2.05) is 21.1 Å². The van der Waals surface area contributed by atoms with Crippen molar-refractivity contribution in [2.45, 2.75) is 213 Å². The number of hydrogen-bond donors (Lipinski definition) is 3. The fourth-order valence-corrected chi connectivity index (χ4v) is 7.47. The minimum atomic E-state index is -4.92. The molecule has 2 atom stereocenters. The smallest absolute Gasteiger partial charge is 0.265 e. The molecule has 0 spiro atoms. The number of amides is 2. The zero-order chi connectivity index (χ0) is 38.8. The lowest BCUT2D eigenvalue weighted by Gasteiger charge is -2.39. The molecule has 0 saturated heterocycles. The van der Waals surface area contributed by atoms with Gasteiger partial charge in [-0.3, -0.25) is 14.2 Å². The molecule has 0 aliphatic heterocycles. The van der Waals surface area contributed by atoms with Crippen molar-refractivity contribution in [3.63, 3.8) is 0 Å². The fraction of sp³-hybridized carbons (Fsp3) is 0.952. The molecule has 2 amide bonds. The van der Waals surface area contributed by atoms with Crippen molar-refractivity contribution >= 4 is 19.6 Å². The van der Waals surface area contributed by atoms with Crippen LogP contribution in [0.4, 0.5) is 0 Å². The number of hydrogen-bond acceptors (Lipinski definition) is 5. The predicted octanol–water partition coefficient (Wildman–Crippen LogP) is 10.1. The normalized spacial score (nSPS) is 13.7. The first kappa shape index (κ1) is 51.0. The topological polar surface area (TPSA) is 128 Å². The third kappa shape index (κ3) is 34.8. The average Bonchev–Trinajstić information content (AvgIpc) is 3.08. The molecule has 0 saturated carbocycles. The SMILES string of the molecule is CCCCCCCCCCCCCCCCC(=O)NCC(CNC(=O)CCCCCCCCCCCCCCCC)C(COP(=O)([O-])O)[N+](C)(C)C. The Kier molecular flexibility index (Phi) is 33.8. The van der Waals surface area contributed by atoms with Crippen molar-refractivity contribution < 1.29 is 32.9 Å². The maximum Gasteiger partial charge on any atom is 0.265 e. The van der Waals surface area contributed by atoms with E-state index in [9.17, 15) is 23.9 Å². The third-order valence-electron chi connectivity index (χ3n) is 10.6. The molecule has 2 unspecified atom stereocenters. The van der Waals surface area contributed by atoms with Crippen LogP contribution in [0.2, 0.25) is 0 Å². The maximum atomic E-state index is 12.8. The summed E-state index contributed by atoms with van der Waals surface area (Å²) in [6, 6.07) is -0.392. The van der Waals surface area contributed by atoms with Crippen molar-refractivity contribution in [2.75, 3.05) is 40.8 Å². The Bertz CT molecular complexity index is 830. The number of unbranched alkanes of at least 4 members (excludes halogenated alkanes) is 26.